The molecule has 0 saturated carbocycles. The van der Waals surface area contributed by atoms with Gasteiger partial charge in [-0.2, -0.15) is 0 Å². The number of amides is 1. The minimum atomic E-state index is -1.08. The van der Waals surface area contributed by atoms with Crippen molar-refractivity contribution in [2.45, 2.75) is 0 Å². The van der Waals surface area contributed by atoms with Crippen molar-refractivity contribution in [2.24, 2.45) is 4.99 Å². The molecule has 0 bridgehead atoms. The van der Waals surface area contributed by atoms with Crippen LogP contribution in [-0.4, -0.2) is 35.9 Å². The highest BCUT2D eigenvalue weighted by Gasteiger charge is 2.24. The number of thioether (sulfide) groups is 1. The van der Waals surface area contributed by atoms with Crippen LogP contribution in [0.15, 0.2) is 58.4 Å². The van der Waals surface area contributed by atoms with E-state index < -0.39 is 12.6 Å². The van der Waals surface area contributed by atoms with Gasteiger partial charge in [0.15, 0.2) is 23.3 Å². The Balaban J connectivity index is 1.79. The number of para-hydroxylation sites is 1. The molecule has 1 saturated heterocycles. The summed E-state index contributed by atoms with van der Waals surface area (Å²) in [5.41, 5.74) is 1.47. The van der Waals surface area contributed by atoms with E-state index >= 15 is 0 Å². The van der Waals surface area contributed by atoms with Crippen molar-refractivity contribution in [2.75, 3.05) is 13.7 Å². The Morgan fingerprint density at radius 2 is 2.00 bits per heavy atom. The van der Waals surface area contributed by atoms with Crippen LogP contribution in [0.3, 0.4) is 0 Å². The fourth-order valence-corrected chi connectivity index (χ4v) is 3.13. The smallest absolute Gasteiger partial charge is 0.341 e. The maximum atomic E-state index is 12.2. The molecule has 1 amide bonds. The quantitative estimate of drug-likeness (QED) is 0.743. The van der Waals surface area contributed by atoms with Crippen LogP contribution in [0.4, 0.5) is 5.69 Å². The number of carbonyl (C=O) groups excluding carboxylic acids is 1. The lowest BCUT2D eigenvalue weighted by Crippen LogP contribution is -2.19. The summed E-state index contributed by atoms with van der Waals surface area (Å²) in [7, 11) is 1.46. The molecule has 1 heterocycles. The minimum absolute atomic E-state index is 0.236. The number of amidine groups is 1. The molecule has 1 fully saturated rings. The van der Waals surface area contributed by atoms with Gasteiger partial charge < -0.3 is 19.9 Å². The van der Waals surface area contributed by atoms with Gasteiger partial charge in [-0.05, 0) is 47.7 Å². The first kappa shape index (κ1) is 18.5. The van der Waals surface area contributed by atoms with E-state index in [2.05, 4.69) is 10.3 Å². The molecule has 27 heavy (non-hydrogen) atoms. The van der Waals surface area contributed by atoms with Gasteiger partial charge in [-0.1, -0.05) is 24.3 Å². The molecular formula is C19H16N2O5S. The number of benzene rings is 2. The number of nitrogens with one attached hydrogen (secondary N) is 1. The van der Waals surface area contributed by atoms with Crippen LogP contribution in [0.1, 0.15) is 5.56 Å². The average Bonchev–Trinajstić information content (AvgIpc) is 3.00. The third-order valence-corrected chi connectivity index (χ3v) is 4.38. The Bertz CT molecular complexity index is 925. The molecule has 138 valence electrons. The Hall–Kier alpha value is -3.26. The van der Waals surface area contributed by atoms with Crippen molar-refractivity contribution >= 4 is 40.6 Å². The van der Waals surface area contributed by atoms with Crippen molar-refractivity contribution in [1.82, 2.24) is 5.32 Å². The minimum Gasteiger partial charge on any atom is -0.493 e. The molecule has 0 unspecified atom stereocenters. The number of methoxy groups -OCH3 is 1. The van der Waals surface area contributed by atoms with E-state index in [9.17, 15) is 9.59 Å². The second-order valence-corrected chi connectivity index (χ2v) is 6.44. The van der Waals surface area contributed by atoms with E-state index in [1.165, 1.54) is 18.9 Å². The Morgan fingerprint density at radius 1 is 1.22 bits per heavy atom. The van der Waals surface area contributed by atoms with Gasteiger partial charge in [-0.15, -0.1) is 0 Å². The van der Waals surface area contributed by atoms with Crippen molar-refractivity contribution in [1.29, 1.82) is 0 Å². The van der Waals surface area contributed by atoms with E-state index in [0.717, 1.165) is 5.69 Å². The van der Waals surface area contributed by atoms with E-state index in [1.54, 1.807) is 24.3 Å². The SMILES string of the molecule is COc1cc(/C=C2/SC(=Nc3ccccc3)NC2=O)ccc1OCC(=O)O. The number of rotatable bonds is 6. The zero-order valence-electron chi connectivity index (χ0n) is 14.3. The molecule has 7 nitrogen and oxygen atoms in total. The second-order valence-electron chi connectivity index (χ2n) is 5.41. The molecule has 1 aliphatic rings. The molecule has 3 rings (SSSR count). The largest absolute Gasteiger partial charge is 0.493 e. The standard InChI is InChI=1S/C19H16N2O5S/c1-25-15-9-12(7-8-14(15)26-11-17(22)23)10-16-18(24)21-19(27-16)20-13-5-3-2-4-6-13/h2-10H,11H2,1H3,(H,22,23)(H,20,21,24)/b16-10+. The maximum Gasteiger partial charge on any atom is 0.341 e. The third kappa shape index (κ3) is 4.89. The van der Waals surface area contributed by atoms with Gasteiger partial charge in [0.05, 0.1) is 17.7 Å². The first-order chi connectivity index (χ1) is 13.0. The average molecular weight is 384 g/mol. The number of carbonyl (C=O) groups is 2. The topological polar surface area (TPSA) is 97.2 Å². The van der Waals surface area contributed by atoms with Gasteiger partial charge in [0.2, 0.25) is 0 Å². The van der Waals surface area contributed by atoms with Crippen LogP contribution < -0.4 is 14.8 Å². The summed E-state index contributed by atoms with van der Waals surface area (Å²) in [6, 6.07) is 14.3. The highest BCUT2D eigenvalue weighted by molar-refractivity contribution is 8.18. The number of ether oxygens (including phenoxy) is 2. The van der Waals surface area contributed by atoms with E-state index in [4.69, 9.17) is 14.6 Å². The number of aliphatic imine (C=N–C) groups is 1. The highest BCUT2D eigenvalue weighted by Crippen LogP contribution is 2.32. The highest BCUT2D eigenvalue weighted by atomic mass is 32.2. The lowest BCUT2D eigenvalue weighted by Gasteiger charge is -2.09. The number of carboxylic acids is 1. The zero-order valence-corrected chi connectivity index (χ0v) is 15.2. The van der Waals surface area contributed by atoms with Crippen LogP contribution in [0.5, 0.6) is 11.5 Å². The van der Waals surface area contributed by atoms with Crippen molar-refractivity contribution in [3.8, 4) is 11.5 Å². The number of aliphatic carboxylic acids is 1. The van der Waals surface area contributed by atoms with Crippen molar-refractivity contribution in [3.63, 3.8) is 0 Å². The normalized spacial score (nSPS) is 16.4. The summed E-state index contributed by atoms with van der Waals surface area (Å²) in [5.74, 6) is -0.614. The molecule has 0 radical (unpaired) electrons. The predicted molar refractivity (Wildman–Crippen MR) is 103 cm³/mol. The lowest BCUT2D eigenvalue weighted by molar-refractivity contribution is -0.139. The van der Waals surface area contributed by atoms with Crippen LogP contribution in [0, 0.1) is 0 Å². The number of hydrogen-bond acceptors (Lipinski definition) is 6. The Labute approximate surface area is 159 Å². The van der Waals surface area contributed by atoms with Crippen LogP contribution in [0.2, 0.25) is 0 Å². The predicted octanol–water partition coefficient (Wildman–Crippen LogP) is 3.05. The molecule has 1 aliphatic heterocycles. The molecule has 0 spiro atoms. The van der Waals surface area contributed by atoms with Gasteiger partial charge in [0, 0.05) is 0 Å². The molecule has 2 aromatic rings. The molecule has 2 aromatic carbocycles. The number of hydrogen-bond donors (Lipinski definition) is 2. The first-order valence-corrected chi connectivity index (χ1v) is 8.74. The Kier molecular flexibility index (Phi) is 5.77. The molecule has 0 atom stereocenters. The van der Waals surface area contributed by atoms with Crippen molar-refractivity contribution in [3.05, 3.63) is 59.0 Å². The lowest BCUT2D eigenvalue weighted by atomic mass is 10.2. The fraction of sp³-hybridized carbons (Fsp3) is 0.105. The summed E-state index contributed by atoms with van der Waals surface area (Å²) >= 11 is 1.24. The van der Waals surface area contributed by atoms with Gasteiger partial charge in [-0.25, -0.2) is 9.79 Å². The summed E-state index contributed by atoms with van der Waals surface area (Å²) < 4.78 is 10.4. The molecule has 2 N–H and O–H groups in total. The van der Waals surface area contributed by atoms with Gasteiger partial charge in [-0.3, -0.25) is 4.79 Å². The summed E-state index contributed by atoms with van der Waals surface area (Å²) in [6.07, 6.45) is 1.71. The molecule has 0 aliphatic carbocycles. The third-order valence-electron chi connectivity index (χ3n) is 3.47. The number of nitrogens with zero attached hydrogens (tertiary/aromatic N) is 1. The molecule has 8 heteroatoms. The van der Waals surface area contributed by atoms with E-state index in [1.807, 2.05) is 30.3 Å². The van der Waals surface area contributed by atoms with Crippen LogP contribution in [-0.2, 0) is 9.59 Å². The van der Waals surface area contributed by atoms with Gasteiger partial charge >= 0.3 is 5.97 Å². The van der Waals surface area contributed by atoms with Crippen LogP contribution in [0.25, 0.3) is 6.08 Å². The Morgan fingerprint density at radius 3 is 2.70 bits per heavy atom. The molecular weight excluding hydrogens is 368 g/mol. The fourth-order valence-electron chi connectivity index (χ4n) is 2.28. The van der Waals surface area contributed by atoms with Gasteiger partial charge in [0.25, 0.3) is 5.91 Å². The maximum absolute atomic E-state index is 12.2. The first-order valence-electron chi connectivity index (χ1n) is 7.92. The summed E-state index contributed by atoms with van der Waals surface area (Å²) in [5, 5.41) is 11.9. The monoisotopic (exact) mass is 384 g/mol. The zero-order chi connectivity index (χ0) is 19.2. The number of carboxylic acid groups (broad SMARTS) is 1. The molecule has 0 aromatic heterocycles. The summed E-state index contributed by atoms with van der Waals surface area (Å²) in [4.78, 5) is 27.7. The van der Waals surface area contributed by atoms with E-state index in [-0.39, 0.29) is 5.91 Å². The van der Waals surface area contributed by atoms with Gasteiger partial charge in [0.1, 0.15) is 0 Å². The van der Waals surface area contributed by atoms with Crippen LogP contribution >= 0.6 is 11.8 Å². The second kappa shape index (κ2) is 8.41. The summed E-state index contributed by atoms with van der Waals surface area (Å²) in [6.45, 7) is -0.464. The van der Waals surface area contributed by atoms with E-state index in [0.29, 0.717) is 27.1 Å². The van der Waals surface area contributed by atoms with Crippen molar-refractivity contribution < 1.29 is 24.2 Å².